The van der Waals surface area contributed by atoms with Crippen LogP contribution in [0.3, 0.4) is 0 Å². The molecule has 2 aromatic heterocycles. The molecule has 0 unspecified atom stereocenters. The summed E-state index contributed by atoms with van der Waals surface area (Å²) >= 11 is 0. The molecule has 0 N–H and O–H groups in total. The van der Waals surface area contributed by atoms with E-state index in [1.54, 1.807) is 23.3 Å². The molecule has 0 radical (unpaired) electrons. The molecular formula is C23H19NO3. The van der Waals surface area contributed by atoms with Crippen LogP contribution in [0.1, 0.15) is 21.9 Å². The van der Waals surface area contributed by atoms with Gasteiger partial charge < -0.3 is 13.7 Å². The lowest BCUT2D eigenvalue weighted by atomic mass is 9.99. The predicted octanol–water partition coefficient (Wildman–Crippen LogP) is 5.38. The predicted molar refractivity (Wildman–Crippen MR) is 103 cm³/mol. The van der Waals surface area contributed by atoms with Gasteiger partial charge in [0, 0.05) is 6.54 Å². The molecule has 134 valence electrons. The van der Waals surface area contributed by atoms with Gasteiger partial charge in [0.2, 0.25) is 0 Å². The van der Waals surface area contributed by atoms with E-state index < -0.39 is 0 Å². The van der Waals surface area contributed by atoms with E-state index in [1.807, 2.05) is 48.5 Å². The number of amides is 1. The van der Waals surface area contributed by atoms with Crippen LogP contribution >= 0.6 is 0 Å². The maximum absolute atomic E-state index is 13.0. The maximum Gasteiger partial charge on any atom is 0.290 e. The topological polar surface area (TPSA) is 46.6 Å². The molecule has 4 rings (SSSR count). The second-order valence-electron chi connectivity index (χ2n) is 6.24. The van der Waals surface area contributed by atoms with E-state index in [-0.39, 0.29) is 5.91 Å². The van der Waals surface area contributed by atoms with Crippen LogP contribution in [0, 0.1) is 0 Å². The van der Waals surface area contributed by atoms with E-state index in [1.165, 1.54) is 6.26 Å². The highest BCUT2D eigenvalue weighted by Crippen LogP contribution is 2.26. The van der Waals surface area contributed by atoms with Crippen LogP contribution in [-0.2, 0) is 13.1 Å². The highest BCUT2D eigenvalue weighted by Gasteiger charge is 2.21. The third kappa shape index (κ3) is 3.85. The van der Waals surface area contributed by atoms with Gasteiger partial charge in [-0.25, -0.2) is 0 Å². The van der Waals surface area contributed by atoms with Crippen molar-refractivity contribution in [2.24, 2.45) is 0 Å². The normalized spacial score (nSPS) is 10.7. The second-order valence-corrected chi connectivity index (χ2v) is 6.24. The summed E-state index contributed by atoms with van der Waals surface area (Å²) in [7, 11) is 0. The van der Waals surface area contributed by atoms with Gasteiger partial charge in [0.05, 0.1) is 19.1 Å². The maximum atomic E-state index is 13.0. The number of hydrogen-bond donors (Lipinski definition) is 0. The second kappa shape index (κ2) is 7.79. The average Bonchev–Trinajstić information content (AvgIpc) is 3.42. The van der Waals surface area contributed by atoms with Gasteiger partial charge in [-0.3, -0.25) is 4.79 Å². The molecule has 0 saturated carbocycles. The van der Waals surface area contributed by atoms with Gasteiger partial charge in [-0.05, 0) is 41.0 Å². The SMILES string of the molecule is O=C(c1ccco1)N(Cc1ccco1)Cc1ccccc1-c1ccccc1. The molecule has 0 aliphatic carbocycles. The molecule has 0 spiro atoms. The molecule has 4 nitrogen and oxygen atoms in total. The monoisotopic (exact) mass is 357 g/mol. The molecule has 27 heavy (non-hydrogen) atoms. The van der Waals surface area contributed by atoms with Crippen molar-refractivity contribution in [1.82, 2.24) is 4.90 Å². The molecule has 1 amide bonds. The summed E-state index contributed by atoms with van der Waals surface area (Å²) in [5, 5.41) is 0. The van der Waals surface area contributed by atoms with E-state index in [0.717, 1.165) is 22.5 Å². The smallest absolute Gasteiger partial charge is 0.290 e. The Morgan fingerprint density at radius 1 is 0.741 bits per heavy atom. The molecule has 4 heteroatoms. The molecule has 0 bridgehead atoms. The van der Waals surface area contributed by atoms with Crippen LogP contribution in [0.4, 0.5) is 0 Å². The van der Waals surface area contributed by atoms with Gasteiger partial charge in [-0.15, -0.1) is 0 Å². The first kappa shape index (κ1) is 16.9. The van der Waals surface area contributed by atoms with Gasteiger partial charge in [-0.1, -0.05) is 54.6 Å². The van der Waals surface area contributed by atoms with Gasteiger partial charge in [0.15, 0.2) is 5.76 Å². The van der Waals surface area contributed by atoms with E-state index in [9.17, 15) is 4.79 Å². The molecule has 0 aliphatic rings. The number of nitrogens with zero attached hydrogens (tertiary/aromatic N) is 1. The Morgan fingerprint density at radius 2 is 1.48 bits per heavy atom. The summed E-state index contributed by atoms with van der Waals surface area (Å²) in [6, 6.07) is 25.4. The average molecular weight is 357 g/mol. The Kier molecular flexibility index (Phi) is 4.88. The van der Waals surface area contributed by atoms with Crippen LogP contribution in [0.2, 0.25) is 0 Å². The standard InChI is InChI=1S/C23H19NO3/c25-23(22-13-7-15-27-22)24(17-20-11-6-14-26-20)16-19-10-4-5-12-21(19)18-8-2-1-3-9-18/h1-15H,16-17H2. The number of carbonyl (C=O) groups excluding carboxylic acids is 1. The molecule has 2 heterocycles. The zero-order valence-electron chi connectivity index (χ0n) is 14.7. The van der Waals surface area contributed by atoms with Crippen molar-refractivity contribution in [3.8, 4) is 11.1 Å². The fourth-order valence-corrected chi connectivity index (χ4v) is 3.11. The lowest BCUT2D eigenvalue weighted by Crippen LogP contribution is -2.30. The van der Waals surface area contributed by atoms with Crippen molar-refractivity contribution in [3.63, 3.8) is 0 Å². The Hall–Kier alpha value is -3.53. The molecule has 0 aliphatic heterocycles. The van der Waals surface area contributed by atoms with Crippen molar-refractivity contribution in [1.29, 1.82) is 0 Å². The zero-order valence-corrected chi connectivity index (χ0v) is 14.7. The van der Waals surface area contributed by atoms with Gasteiger partial charge in [0.1, 0.15) is 5.76 Å². The highest BCUT2D eigenvalue weighted by atomic mass is 16.3. The van der Waals surface area contributed by atoms with Crippen molar-refractivity contribution in [2.45, 2.75) is 13.1 Å². The third-order valence-corrected chi connectivity index (χ3v) is 4.41. The minimum atomic E-state index is -0.167. The van der Waals surface area contributed by atoms with Crippen LogP contribution in [0.5, 0.6) is 0 Å². The largest absolute Gasteiger partial charge is 0.467 e. The lowest BCUT2D eigenvalue weighted by molar-refractivity contribution is 0.0685. The Labute approximate surface area is 157 Å². The Balaban J connectivity index is 1.67. The summed E-state index contributed by atoms with van der Waals surface area (Å²) in [6.07, 6.45) is 3.12. The molecule has 0 atom stereocenters. The van der Waals surface area contributed by atoms with E-state index in [0.29, 0.717) is 18.8 Å². The first-order valence-electron chi connectivity index (χ1n) is 8.80. The van der Waals surface area contributed by atoms with Crippen molar-refractivity contribution in [3.05, 3.63) is 108 Å². The first-order chi connectivity index (χ1) is 13.3. The number of hydrogen-bond acceptors (Lipinski definition) is 3. The van der Waals surface area contributed by atoms with Crippen molar-refractivity contribution < 1.29 is 13.6 Å². The van der Waals surface area contributed by atoms with Crippen LogP contribution in [0.15, 0.2) is 100 Å². The summed E-state index contributed by atoms with van der Waals surface area (Å²) in [5.74, 6) is 0.880. The van der Waals surface area contributed by atoms with Crippen LogP contribution < -0.4 is 0 Å². The Morgan fingerprint density at radius 3 is 2.22 bits per heavy atom. The summed E-state index contributed by atoms with van der Waals surface area (Å²) in [5.41, 5.74) is 3.29. The number of furan rings is 2. The minimum Gasteiger partial charge on any atom is -0.467 e. The van der Waals surface area contributed by atoms with E-state index in [2.05, 4.69) is 18.2 Å². The van der Waals surface area contributed by atoms with Crippen LogP contribution in [-0.4, -0.2) is 10.8 Å². The molecule has 4 aromatic rings. The zero-order chi connectivity index (χ0) is 18.5. The van der Waals surface area contributed by atoms with Crippen molar-refractivity contribution in [2.75, 3.05) is 0 Å². The van der Waals surface area contributed by atoms with Crippen molar-refractivity contribution >= 4 is 5.91 Å². The first-order valence-corrected chi connectivity index (χ1v) is 8.80. The lowest BCUT2D eigenvalue weighted by Gasteiger charge is -2.22. The summed E-state index contributed by atoms with van der Waals surface area (Å²) in [6.45, 7) is 0.820. The molecule has 0 saturated heterocycles. The third-order valence-electron chi connectivity index (χ3n) is 4.41. The fourth-order valence-electron chi connectivity index (χ4n) is 3.11. The van der Waals surface area contributed by atoms with Gasteiger partial charge in [-0.2, -0.15) is 0 Å². The highest BCUT2D eigenvalue weighted by molar-refractivity contribution is 5.91. The van der Waals surface area contributed by atoms with Gasteiger partial charge in [0.25, 0.3) is 5.91 Å². The fraction of sp³-hybridized carbons (Fsp3) is 0.0870. The molecular weight excluding hydrogens is 338 g/mol. The van der Waals surface area contributed by atoms with E-state index in [4.69, 9.17) is 8.83 Å². The van der Waals surface area contributed by atoms with Gasteiger partial charge >= 0.3 is 0 Å². The number of benzene rings is 2. The van der Waals surface area contributed by atoms with E-state index >= 15 is 0 Å². The minimum absolute atomic E-state index is 0.167. The molecule has 2 aromatic carbocycles. The molecule has 0 fully saturated rings. The number of carbonyl (C=O) groups is 1. The summed E-state index contributed by atoms with van der Waals surface area (Å²) < 4.78 is 10.8. The quantitative estimate of drug-likeness (QED) is 0.465. The summed E-state index contributed by atoms with van der Waals surface area (Å²) in [4.78, 5) is 14.7. The Bertz CT molecular complexity index is 989. The van der Waals surface area contributed by atoms with Crippen LogP contribution in [0.25, 0.3) is 11.1 Å². The number of rotatable bonds is 6.